The van der Waals surface area contributed by atoms with Crippen LogP contribution >= 0.6 is 0 Å². The van der Waals surface area contributed by atoms with Gasteiger partial charge in [-0.3, -0.25) is 4.79 Å². The van der Waals surface area contributed by atoms with Crippen LogP contribution in [0.2, 0.25) is 0 Å². The van der Waals surface area contributed by atoms with Crippen molar-refractivity contribution >= 4 is 5.78 Å². The predicted molar refractivity (Wildman–Crippen MR) is 45.9 cm³/mol. The molecule has 2 rings (SSSR count). The van der Waals surface area contributed by atoms with E-state index in [1.807, 2.05) is 0 Å². The van der Waals surface area contributed by atoms with Crippen LogP contribution < -0.4 is 0 Å². The van der Waals surface area contributed by atoms with Gasteiger partial charge in [-0.1, -0.05) is 13.8 Å². The first-order valence-electron chi connectivity index (χ1n) is 4.61. The van der Waals surface area contributed by atoms with E-state index in [4.69, 9.17) is 4.74 Å². The third-order valence-corrected chi connectivity index (χ3v) is 3.69. The van der Waals surface area contributed by atoms with Crippen molar-refractivity contribution in [2.45, 2.75) is 38.7 Å². The fourth-order valence-electron chi connectivity index (χ4n) is 2.62. The Hall–Kier alpha value is -0.370. The van der Waals surface area contributed by atoms with Crippen molar-refractivity contribution in [3.8, 4) is 0 Å². The molecule has 2 aliphatic carbocycles. The largest absolute Gasteiger partial charge is 0.370 e. The maximum absolute atomic E-state index is 11.6. The summed E-state index contributed by atoms with van der Waals surface area (Å²) in [4.78, 5) is 11.6. The molecule has 0 aliphatic heterocycles. The summed E-state index contributed by atoms with van der Waals surface area (Å²) in [6.07, 6.45) is 2.69. The number of ketones is 1. The standard InChI is InChI=1S/C10H16O2/c1-9(2)5-4-8(11)10(12-3)6-7(9)10/h7H,4-6H2,1-3H3. The van der Waals surface area contributed by atoms with Crippen molar-refractivity contribution in [1.82, 2.24) is 0 Å². The molecule has 68 valence electrons. The van der Waals surface area contributed by atoms with Gasteiger partial charge in [0.15, 0.2) is 5.78 Å². The number of hydrogen-bond donors (Lipinski definition) is 0. The Balaban J connectivity index is 2.25. The Bertz CT molecular complexity index is 232. The summed E-state index contributed by atoms with van der Waals surface area (Å²) >= 11 is 0. The van der Waals surface area contributed by atoms with E-state index in [0.29, 0.717) is 23.5 Å². The van der Waals surface area contributed by atoms with Gasteiger partial charge in [-0.25, -0.2) is 0 Å². The first kappa shape index (κ1) is 8.24. The van der Waals surface area contributed by atoms with Gasteiger partial charge in [-0.05, 0) is 18.3 Å². The molecule has 0 amide bonds. The van der Waals surface area contributed by atoms with Gasteiger partial charge in [0.05, 0.1) is 0 Å². The third kappa shape index (κ3) is 0.817. The van der Waals surface area contributed by atoms with Crippen molar-refractivity contribution in [1.29, 1.82) is 0 Å². The molecule has 0 bridgehead atoms. The topological polar surface area (TPSA) is 26.3 Å². The smallest absolute Gasteiger partial charge is 0.164 e. The Morgan fingerprint density at radius 1 is 1.50 bits per heavy atom. The van der Waals surface area contributed by atoms with E-state index in [1.165, 1.54) is 0 Å². The fraction of sp³-hybridized carbons (Fsp3) is 0.900. The molecule has 0 N–H and O–H groups in total. The summed E-state index contributed by atoms with van der Waals surface area (Å²) in [5, 5.41) is 0. The summed E-state index contributed by atoms with van der Waals surface area (Å²) in [6.45, 7) is 4.48. The van der Waals surface area contributed by atoms with Gasteiger partial charge < -0.3 is 4.74 Å². The van der Waals surface area contributed by atoms with Crippen LogP contribution in [-0.4, -0.2) is 18.5 Å². The molecule has 0 aromatic rings. The van der Waals surface area contributed by atoms with Crippen LogP contribution in [-0.2, 0) is 9.53 Å². The molecule has 2 nitrogen and oxygen atoms in total. The Morgan fingerprint density at radius 2 is 2.17 bits per heavy atom. The molecule has 0 spiro atoms. The van der Waals surface area contributed by atoms with E-state index in [1.54, 1.807) is 7.11 Å². The molecule has 0 heterocycles. The highest BCUT2D eigenvalue weighted by molar-refractivity contribution is 5.92. The molecule has 2 unspecified atom stereocenters. The van der Waals surface area contributed by atoms with Crippen LogP contribution in [0, 0.1) is 11.3 Å². The van der Waals surface area contributed by atoms with Gasteiger partial charge >= 0.3 is 0 Å². The maximum Gasteiger partial charge on any atom is 0.164 e. The van der Waals surface area contributed by atoms with Gasteiger partial charge in [-0.15, -0.1) is 0 Å². The first-order chi connectivity index (χ1) is 5.53. The normalized spacial score (nSPS) is 43.9. The molecule has 0 aromatic heterocycles. The lowest BCUT2D eigenvalue weighted by Crippen LogP contribution is -2.37. The highest BCUT2D eigenvalue weighted by Gasteiger charge is 2.67. The molecule has 12 heavy (non-hydrogen) atoms. The van der Waals surface area contributed by atoms with Gasteiger partial charge in [-0.2, -0.15) is 0 Å². The summed E-state index contributed by atoms with van der Waals surface area (Å²) < 4.78 is 5.35. The second kappa shape index (κ2) is 2.11. The third-order valence-electron chi connectivity index (χ3n) is 3.69. The Morgan fingerprint density at radius 3 is 2.67 bits per heavy atom. The quantitative estimate of drug-likeness (QED) is 0.596. The molecule has 2 saturated carbocycles. The van der Waals surface area contributed by atoms with Crippen LogP contribution in [0.4, 0.5) is 0 Å². The van der Waals surface area contributed by atoms with Gasteiger partial charge in [0.2, 0.25) is 0 Å². The number of carbonyl (C=O) groups is 1. The molecular formula is C10H16O2. The SMILES string of the molecule is COC12CC1C(C)(C)CCC2=O. The van der Waals surface area contributed by atoms with Crippen molar-refractivity contribution in [3.63, 3.8) is 0 Å². The lowest BCUT2D eigenvalue weighted by atomic mass is 9.75. The second-order valence-electron chi connectivity index (χ2n) is 4.76. The minimum atomic E-state index is -0.359. The number of rotatable bonds is 1. The molecule has 2 heteroatoms. The zero-order chi connectivity index (χ0) is 8.98. The number of methoxy groups -OCH3 is 1. The number of carbonyl (C=O) groups excluding carboxylic acids is 1. The van der Waals surface area contributed by atoms with Crippen LogP contribution in [0.25, 0.3) is 0 Å². The summed E-state index contributed by atoms with van der Waals surface area (Å²) in [7, 11) is 1.67. The molecule has 0 radical (unpaired) electrons. The predicted octanol–water partition coefficient (Wildman–Crippen LogP) is 1.78. The minimum absolute atomic E-state index is 0.309. The van der Waals surface area contributed by atoms with Crippen molar-refractivity contribution in [3.05, 3.63) is 0 Å². The second-order valence-corrected chi connectivity index (χ2v) is 4.76. The molecule has 0 aromatic carbocycles. The molecule has 0 saturated heterocycles. The lowest BCUT2D eigenvalue weighted by molar-refractivity contribution is -0.137. The molecular weight excluding hydrogens is 152 g/mol. The Kier molecular flexibility index (Phi) is 1.45. The van der Waals surface area contributed by atoms with E-state index in [9.17, 15) is 4.79 Å². The summed E-state index contributed by atoms with van der Waals surface area (Å²) in [5.74, 6) is 0.811. The van der Waals surface area contributed by atoms with Crippen molar-refractivity contribution in [2.24, 2.45) is 11.3 Å². The molecule has 2 aliphatic rings. The molecule has 2 atom stereocenters. The molecule has 2 fully saturated rings. The van der Waals surface area contributed by atoms with E-state index in [2.05, 4.69) is 13.8 Å². The minimum Gasteiger partial charge on any atom is -0.370 e. The van der Waals surface area contributed by atoms with E-state index < -0.39 is 0 Å². The number of ether oxygens (including phenoxy) is 1. The Labute approximate surface area is 73.3 Å². The van der Waals surface area contributed by atoms with Crippen molar-refractivity contribution in [2.75, 3.05) is 7.11 Å². The number of Topliss-reactive ketones (excluding diaryl/α,β-unsaturated/α-hetero) is 1. The number of hydrogen-bond acceptors (Lipinski definition) is 2. The van der Waals surface area contributed by atoms with Gasteiger partial charge in [0.25, 0.3) is 0 Å². The van der Waals surface area contributed by atoms with Gasteiger partial charge in [0.1, 0.15) is 5.60 Å². The maximum atomic E-state index is 11.6. The van der Waals surface area contributed by atoms with Crippen LogP contribution in [0.15, 0.2) is 0 Å². The van der Waals surface area contributed by atoms with E-state index in [-0.39, 0.29) is 5.60 Å². The van der Waals surface area contributed by atoms with E-state index >= 15 is 0 Å². The average molecular weight is 168 g/mol. The van der Waals surface area contributed by atoms with Crippen LogP contribution in [0.3, 0.4) is 0 Å². The summed E-state index contributed by atoms with van der Waals surface area (Å²) in [5.41, 5.74) is -0.0499. The zero-order valence-corrected chi connectivity index (χ0v) is 8.02. The first-order valence-corrected chi connectivity index (χ1v) is 4.61. The average Bonchev–Trinajstić information content (AvgIpc) is 2.75. The number of fused-ring (bicyclic) bond motifs is 1. The van der Waals surface area contributed by atoms with E-state index in [0.717, 1.165) is 12.8 Å². The fourth-order valence-corrected chi connectivity index (χ4v) is 2.62. The van der Waals surface area contributed by atoms with Crippen LogP contribution in [0.1, 0.15) is 33.1 Å². The van der Waals surface area contributed by atoms with Crippen molar-refractivity contribution < 1.29 is 9.53 Å². The van der Waals surface area contributed by atoms with Crippen LogP contribution in [0.5, 0.6) is 0 Å². The highest BCUT2D eigenvalue weighted by atomic mass is 16.5. The lowest BCUT2D eigenvalue weighted by Gasteiger charge is -2.32. The monoisotopic (exact) mass is 168 g/mol. The highest BCUT2D eigenvalue weighted by Crippen LogP contribution is 2.61. The summed E-state index contributed by atoms with van der Waals surface area (Å²) in [6, 6.07) is 0. The van der Waals surface area contributed by atoms with Gasteiger partial charge in [0, 0.05) is 19.4 Å². The zero-order valence-electron chi connectivity index (χ0n) is 8.02.